The average Bonchev–Trinajstić information content (AvgIpc) is 3.18. The van der Waals surface area contributed by atoms with E-state index in [0.29, 0.717) is 18.7 Å². The Morgan fingerprint density at radius 2 is 2.08 bits per heavy atom. The van der Waals surface area contributed by atoms with E-state index < -0.39 is 0 Å². The maximum absolute atomic E-state index is 12.2. The van der Waals surface area contributed by atoms with Gasteiger partial charge in [0.05, 0.1) is 18.9 Å². The van der Waals surface area contributed by atoms with E-state index in [4.69, 9.17) is 13.7 Å². The Bertz CT molecular complexity index is 666. The third-order valence-electron chi connectivity index (χ3n) is 4.23. The van der Waals surface area contributed by atoms with Crippen molar-refractivity contribution in [3.63, 3.8) is 0 Å². The van der Waals surface area contributed by atoms with Gasteiger partial charge in [-0.15, -0.1) is 0 Å². The summed E-state index contributed by atoms with van der Waals surface area (Å²) in [5.41, 5.74) is 1.85. The van der Waals surface area contributed by atoms with Crippen molar-refractivity contribution in [3.8, 4) is 0 Å². The van der Waals surface area contributed by atoms with Gasteiger partial charge in [-0.3, -0.25) is 9.69 Å². The third kappa shape index (κ3) is 4.04. The number of amides is 1. The number of carbonyl (C=O) groups excluding carboxylic acids is 1. The molecule has 0 spiro atoms. The van der Waals surface area contributed by atoms with E-state index in [-0.39, 0.29) is 5.91 Å². The largest absolute Gasteiger partial charge is 0.456 e. The first-order chi connectivity index (χ1) is 11.6. The van der Waals surface area contributed by atoms with Gasteiger partial charge in [0.2, 0.25) is 0 Å². The first kappa shape index (κ1) is 16.7. The summed E-state index contributed by atoms with van der Waals surface area (Å²) in [5, 5.41) is 6.82. The predicted molar refractivity (Wildman–Crippen MR) is 87.1 cm³/mol. The molecule has 0 radical (unpaired) electrons. The fourth-order valence-electron chi connectivity index (χ4n) is 2.76. The van der Waals surface area contributed by atoms with Crippen molar-refractivity contribution in [1.29, 1.82) is 0 Å². The zero-order valence-corrected chi connectivity index (χ0v) is 14.1. The van der Waals surface area contributed by atoms with E-state index in [9.17, 15) is 4.79 Å². The van der Waals surface area contributed by atoms with E-state index in [0.717, 1.165) is 55.6 Å². The molecule has 2 aromatic rings. The summed E-state index contributed by atoms with van der Waals surface area (Å²) in [6.45, 7) is 8.54. The van der Waals surface area contributed by atoms with Crippen LogP contribution in [0.25, 0.3) is 0 Å². The molecule has 24 heavy (non-hydrogen) atoms. The Labute approximate surface area is 140 Å². The molecule has 1 fully saturated rings. The van der Waals surface area contributed by atoms with Crippen LogP contribution in [-0.2, 0) is 11.2 Å². The van der Waals surface area contributed by atoms with Crippen LogP contribution in [0, 0.1) is 13.8 Å². The molecule has 1 N–H and O–H groups in total. The van der Waals surface area contributed by atoms with Gasteiger partial charge in [0.25, 0.3) is 5.91 Å². The number of ether oxygens (including phenoxy) is 1. The molecule has 3 rings (SSSR count). The Balaban J connectivity index is 1.50. The number of rotatable bonds is 6. The summed E-state index contributed by atoms with van der Waals surface area (Å²) in [5.74, 6) is 1.65. The Hall–Kier alpha value is -2.12. The van der Waals surface area contributed by atoms with Crippen molar-refractivity contribution in [2.75, 3.05) is 39.4 Å². The number of furan rings is 1. The van der Waals surface area contributed by atoms with E-state index in [1.807, 2.05) is 19.9 Å². The number of aromatic nitrogens is 1. The lowest BCUT2D eigenvalue weighted by Crippen LogP contribution is -2.41. The quantitative estimate of drug-likeness (QED) is 0.864. The molecule has 0 bridgehead atoms. The Kier molecular flexibility index (Phi) is 5.32. The highest BCUT2D eigenvalue weighted by Crippen LogP contribution is 2.19. The lowest BCUT2D eigenvalue weighted by molar-refractivity contribution is 0.0382. The second-order valence-electron chi connectivity index (χ2n) is 5.96. The van der Waals surface area contributed by atoms with E-state index >= 15 is 0 Å². The molecule has 0 aliphatic carbocycles. The van der Waals surface area contributed by atoms with Crippen molar-refractivity contribution >= 4 is 5.91 Å². The highest BCUT2D eigenvalue weighted by atomic mass is 16.5. The Morgan fingerprint density at radius 3 is 2.79 bits per heavy atom. The van der Waals surface area contributed by atoms with Crippen LogP contribution in [0.15, 0.2) is 21.1 Å². The summed E-state index contributed by atoms with van der Waals surface area (Å²) in [7, 11) is 0. The van der Waals surface area contributed by atoms with Gasteiger partial charge in [0.15, 0.2) is 5.76 Å². The van der Waals surface area contributed by atoms with Crippen LogP contribution in [0.2, 0.25) is 0 Å². The second-order valence-corrected chi connectivity index (χ2v) is 5.96. The number of carbonyl (C=O) groups is 1. The van der Waals surface area contributed by atoms with Crippen molar-refractivity contribution in [2.45, 2.75) is 20.3 Å². The summed E-state index contributed by atoms with van der Waals surface area (Å²) in [6.07, 6.45) is 0.572. The zero-order valence-electron chi connectivity index (χ0n) is 14.1. The summed E-state index contributed by atoms with van der Waals surface area (Å²) in [4.78, 5) is 14.4. The van der Waals surface area contributed by atoms with Gasteiger partial charge in [-0.1, -0.05) is 5.16 Å². The zero-order chi connectivity index (χ0) is 16.9. The molecule has 1 aliphatic heterocycles. The lowest BCUT2D eigenvalue weighted by Gasteiger charge is -2.26. The highest BCUT2D eigenvalue weighted by molar-refractivity contribution is 5.91. The molecule has 130 valence electrons. The summed E-state index contributed by atoms with van der Waals surface area (Å²) in [6, 6.07) is 3.53. The highest BCUT2D eigenvalue weighted by Gasteiger charge is 2.16. The number of hydrogen-bond donors (Lipinski definition) is 1. The lowest BCUT2D eigenvalue weighted by atomic mass is 10.1. The van der Waals surface area contributed by atoms with Crippen molar-refractivity contribution in [3.05, 3.63) is 40.7 Å². The molecule has 1 saturated heterocycles. The first-order valence-corrected chi connectivity index (χ1v) is 8.22. The summed E-state index contributed by atoms with van der Waals surface area (Å²) >= 11 is 0. The molecular formula is C17H23N3O4. The van der Waals surface area contributed by atoms with Gasteiger partial charge in [-0.05, 0) is 26.0 Å². The summed E-state index contributed by atoms with van der Waals surface area (Å²) < 4.78 is 16.1. The van der Waals surface area contributed by atoms with Crippen molar-refractivity contribution in [1.82, 2.24) is 15.4 Å². The van der Waals surface area contributed by atoms with Crippen LogP contribution in [0.1, 0.15) is 33.3 Å². The first-order valence-electron chi connectivity index (χ1n) is 8.22. The molecule has 2 aromatic heterocycles. The number of aryl methyl sites for hydroxylation is 2. The minimum atomic E-state index is -0.187. The topological polar surface area (TPSA) is 80.7 Å². The van der Waals surface area contributed by atoms with Gasteiger partial charge in [-0.25, -0.2) is 0 Å². The van der Waals surface area contributed by atoms with Gasteiger partial charge < -0.3 is 19.0 Å². The van der Waals surface area contributed by atoms with E-state index in [1.54, 1.807) is 6.07 Å². The number of hydrogen-bond acceptors (Lipinski definition) is 6. The van der Waals surface area contributed by atoms with Gasteiger partial charge in [0.1, 0.15) is 11.5 Å². The number of morpholine rings is 1. The number of nitrogens with zero attached hydrogens (tertiary/aromatic N) is 2. The molecule has 7 nitrogen and oxygen atoms in total. The minimum Gasteiger partial charge on any atom is -0.456 e. The Morgan fingerprint density at radius 1 is 1.29 bits per heavy atom. The molecular weight excluding hydrogens is 310 g/mol. The average molecular weight is 333 g/mol. The SMILES string of the molecule is Cc1noc(C)c1Cc1ccc(C(=O)NCCN2CCOCC2)o1. The van der Waals surface area contributed by atoms with Crippen LogP contribution < -0.4 is 5.32 Å². The van der Waals surface area contributed by atoms with E-state index in [2.05, 4.69) is 15.4 Å². The molecule has 1 aliphatic rings. The maximum Gasteiger partial charge on any atom is 0.287 e. The number of nitrogens with one attached hydrogen (secondary N) is 1. The molecule has 0 aromatic carbocycles. The van der Waals surface area contributed by atoms with Crippen LogP contribution in [0.3, 0.4) is 0 Å². The van der Waals surface area contributed by atoms with Gasteiger partial charge >= 0.3 is 0 Å². The molecule has 0 saturated carbocycles. The standard InChI is InChI=1S/C17H23N3O4/c1-12-15(13(2)24-19-12)11-14-3-4-16(23-14)17(21)18-5-6-20-7-9-22-10-8-20/h3-4H,5-11H2,1-2H3,(H,18,21). The molecule has 1 amide bonds. The minimum absolute atomic E-state index is 0.187. The fourth-order valence-corrected chi connectivity index (χ4v) is 2.76. The molecule has 3 heterocycles. The monoisotopic (exact) mass is 333 g/mol. The smallest absolute Gasteiger partial charge is 0.287 e. The second kappa shape index (κ2) is 7.63. The molecule has 7 heteroatoms. The van der Waals surface area contributed by atoms with Crippen molar-refractivity contribution < 1.29 is 18.5 Å². The van der Waals surface area contributed by atoms with Gasteiger partial charge in [-0.2, -0.15) is 0 Å². The van der Waals surface area contributed by atoms with Gasteiger partial charge in [0, 0.05) is 38.2 Å². The molecule has 0 unspecified atom stereocenters. The maximum atomic E-state index is 12.2. The van der Waals surface area contributed by atoms with E-state index in [1.165, 1.54) is 0 Å². The van der Waals surface area contributed by atoms with Crippen LogP contribution in [0.4, 0.5) is 0 Å². The molecule has 0 atom stereocenters. The van der Waals surface area contributed by atoms with Crippen LogP contribution >= 0.6 is 0 Å². The third-order valence-corrected chi connectivity index (χ3v) is 4.23. The normalized spacial score (nSPS) is 15.6. The van der Waals surface area contributed by atoms with Crippen LogP contribution in [0.5, 0.6) is 0 Å². The predicted octanol–water partition coefficient (Wildman–Crippen LogP) is 1.54. The van der Waals surface area contributed by atoms with Crippen LogP contribution in [-0.4, -0.2) is 55.4 Å². The van der Waals surface area contributed by atoms with Crippen molar-refractivity contribution in [2.24, 2.45) is 0 Å². The fraction of sp³-hybridized carbons (Fsp3) is 0.529.